The molecule has 3 N–H and O–H groups in total. The van der Waals surface area contributed by atoms with E-state index in [9.17, 15) is 4.39 Å². The molecule has 0 aliphatic carbocycles. The summed E-state index contributed by atoms with van der Waals surface area (Å²) in [6.07, 6.45) is 0. The van der Waals surface area contributed by atoms with E-state index in [1.165, 1.54) is 6.07 Å². The minimum absolute atomic E-state index is 0.172. The zero-order chi connectivity index (χ0) is 14.8. The summed E-state index contributed by atoms with van der Waals surface area (Å²) < 4.78 is 14.0. The van der Waals surface area contributed by atoms with Gasteiger partial charge in [0.05, 0.1) is 0 Å². The fourth-order valence-electron chi connectivity index (χ4n) is 2.19. The van der Waals surface area contributed by atoms with Crippen LogP contribution in [0.25, 0.3) is 10.9 Å². The maximum Gasteiger partial charge on any atom is 0.239 e. The van der Waals surface area contributed by atoms with Gasteiger partial charge in [0.25, 0.3) is 0 Å². The van der Waals surface area contributed by atoms with E-state index in [0.29, 0.717) is 11.2 Å². The van der Waals surface area contributed by atoms with Crippen molar-refractivity contribution >= 4 is 28.4 Å². The van der Waals surface area contributed by atoms with Gasteiger partial charge in [-0.1, -0.05) is 24.3 Å². The molecule has 0 spiro atoms. The highest BCUT2D eigenvalue weighted by Gasteiger charge is 2.14. The molecule has 21 heavy (non-hydrogen) atoms. The Bertz CT molecular complexity index is 776. The molecule has 0 atom stereocenters. The van der Waals surface area contributed by atoms with Gasteiger partial charge in [-0.2, -0.15) is 4.98 Å². The molecule has 6 heteroatoms. The molecule has 0 radical (unpaired) electrons. The Morgan fingerprint density at radius 1 is 1.05 bits per heavy atom. The highest BCUT2D eigenvalue weighted by atomic mass is 19.1. The average molecular weight is 283 g/mol. The van der Waals surface area contributed by atoms with Gasteiger partial charge in [-0.25, -0.2) is 15.2 Å². The van der Waals surface area contributed by atoms with E-state index >= 15 is 0 Å². The third kappa shape index (κ3) is 2.36. The molecule has 0 saturated heterocycles. The number of rotatable bonds is 3. The lowest BCUT2D eigenvalue weighted by molar-refractivity contribution is 0.636. The molecule has 106 valence electrons. The monoisotopic (exact) mass is 283 g/mol. The number of hydrogen-bond donors (Lipinski definition) is 2. The molecule has 1 heterocycles. The van der Waals surface area contributed by atoms with Gasteiger partial charge >= 0.3 is 0 Å². The maximum absolute atomic E-state index is 14.0. The predicted octanol–water partition coefficient (Wildman–Crippen LogP) is 2.82. The molecule has 0 bridgehead atoms. The molecular formula is C15H14FN5. The summed E-state index contributed by atoms with van der Waals surface area (Å²) in [6.45, 7) is 0. The van der Waals surface area contributed by atoms with E-state index in [2.05, 4.69) is 15.4 Å². The number of nitrogen functional groups attached to an aromatic ring is 1. The summed E-state index contributed by atoms with van der Waals surface area (Å²) in [5.74, 6) is 5.73. The van der Waals surface area contributed by atoms with Crippen LogP contribution in [-0.2, 0) is 0 Å². The van der Waals surface area contributed by atoms with Crippen molar-refractivity contribution in [3.63, 3.8) is 0 Å². The number of benzene rings is 2. The number of nitrogens with zero attached hydrogens (tertiary/aromatic N) is 3. The molecule has 2 aromatic carbocycles. The van der Waals surface area contributed by atoms with E-state index in [1.54, 1.807) is 12.1 Å². The molecule has 0 unspecified atom stereocenters. The number of aromatic nitrogens is 2. The fourth-order valence-corrected chi connectivity index (χ4v) is 2.19. The predicted molar refractivity (Wildman–Crippen MR) is 81.8 cm³/mol. The largest absolute Gasteiger partial charge is 0.329 e. The van der Waals surface area contributed by atoms with Crippen molar-refractivity contribution in [3.8, 4) is 0 Å². The van der Waals surface area contributed by atoms with Crippen molar-refractivity contribution < 1.29 is 4.39 Å². The third-order valence-electron chi connectivity index (χ3n) is 3.25. The summed E-state index contributed by atoms with van der Waals surface area (Å²) in [7, 11) is 1.86. The zero-order valence-corrected chi connectivity index (χ0v) is 11.4. The van der Waals surface area contributed by atoms with Crippen LogP contribution in [0, 0.1) is 5.82 Å². The Balaban J connectivity index is 2.24. The van der Waals surface area contributed by atoms with Crippen molar-refractivity contribution in [2.24, 2.45) is 5.84 Å². The van der Waals surface area contributed by atoms with Crippen LogP contribution in [0.2, 0.25) is 0 Å². The minimum atomic E-state index is -0.408. The van der Waals surface area contributed by atoms with Crippen molar-refractivity contribution in [1.82, 2.24) is 9.97 Å². The Hall–Kier alpha value is -2.73. The second kappa shape index (κ2) is 5.34. The third-order valence-corrected chi connectivity index (χ3v) is 3.25. The number of para-hydroxylation sites is 2. The van der Waals surface area contributed by atoms with Gasteiger partial charge in [-0.3, -0.25) is 5.43 Å². The SMILES string of the molecule is CN(c1ccccc1)c1nc(NN)nc2c(F)cccc12. The van der Waals surface area contributed by atoms with Gasteiger partial charge in [0, 0.05) is 18.1 Å². The number of anilines is 3. The molecule has 0 aliphatic heterocycles. The van der Waals surface area contributed by atoms with Gasteiger partial charge in [-0.15, -0.1) is 0 Å². The molecule has 0 saturated carbocycles. The minimum Gasteiger partial charge on any atom is -0.329 e. The molecule has 3 aromatic rings. The van der Waals surface area contributed by atoms with Crippen LogP contribution in [0.15, 0.2) is 48.5 Å². The summed E-state index contributed by atoms with van der Waals surface area (Å²) in [5.41, 5.74) is 3.55. The molecule has 5 nitrogen and oxygen atoms in total. The summed E-state index contributed by atoms with van der Waals surface area (Å²) >= 11 is 0. The number of fused-ring (bicyclic) bond motifs is 1. The van der Waals surface area contributed by atoms with Gasteiger partial charge in [0.15, 0.2) is 0 Å². The lowest BCUT2D eigenvalue weighted by atomic mass is 10.2. The van der Waals surface area contributed by atoms with Crippen molar-refractivity contribution in [2.45, 2.75) is 0 Å². The molecule has 0 amide bonds. The highest BCUT2D eigenvalue weighted by Crippen LogP contribution is 2.30. The van der Waals surface area contributed by atoms with Crippen LogP contribution < -0.4 is 16.2 Å². The van der Waals surface area contributed by atoms with Gasteiger partial charge in [0.1, 0.15) is 17.2 Å². The summed E-state index contributed by atoms with van der Waals surface area (Å²) in [6, 6.07) is 14.5. The lowest BCUT2D eigenvalue weighted by Gasteiger charge is -2.20. The molecule has 1 aromatic heterocycles. The average Bonchev–Trinajstić information content (AvgIpc) is 2.54. The molecule has 0 aliphatic rings. The van der Waals surface area contributed by atoms with E-state index < -0.39 is 5.82 Å². The Morgan fingerprint density at radius 2 is 1.81 bits per heavy atom. The standard InChI is InChI=1S/C15H14FN5/c1-21(10-6-3-2-4-7-10)14-11-8-5-9-12(16)13(11)18-15(19-14)20-17/h2-9H,17H2,1H3,(H,18,19,20). The number of nitrogens with two attached hydrogens (primary N) is 1. The fraction of sp³-hybridized carbons (Fsp3) is 0.0667. The van der Waals surface area contributed by atoms with Gasteiger partial charge < -0.3 is 4.90 Å². The smallest absolute Gasteiger partial charge is 0.239 e. The topological polar surface area (TPSA) is 67.1 Å². The van der Waals surface area contributed by atoms with Crippen LogP contribution in [0.5, 0.6) is 0 Å². The summed E-state index contributed by atoms with van der Waals surface area (Å²) in [4.78, 5) is 10.3. The zero-order valence-electron chi connectivity index (χ0n) is 11.4. The first-order chi connectivity index (χ1) is 10.2. The number of hydrogen-bond acceptors (Lipinski definition) is 5. The van der Waals surface area contributed by atoms with Crippen molar-refractivity contribution in [2.75, 3.05) is 17.4 Å². The van der Waals surface area contributed by atoms with Crippen LogP contribution in [0.1, 0.15) is 0 Å². The lowest BCUT2D eigenvalue weighted by Crippen LogP contribution is -2.16. The number of hydrazine groups is 1. The summed E-state index contributed by atoms with van der Waals surface area (Å²) in [5, 5.41) is 0.625. The molecular weight excluding hydrogens is 269 g/mol. The molecule has 3 rings (SSSR count). The highest BCUT2D eigenvalue weighted by molar-refractivity contribution is 5.92. The Labute approximate surface area is 121 Å². The Kier molecular flexibility index (Phi) is 3.37. The van der Waals surface area contributed by atoms with Crippen molar-refractivity contribution in [3.05, 3.63) is 54.3 Å². The number of nitrogens with one attached hydrogen (secondary N) is 1. The van der Waals surface area contributed by atoms with E-state index in [4.69, 9.17) is 5.84 Å². The first-order valence-corrected chi connectivity index (χ1v) is 6.42. The first kappa shape index (κ1) is 13.3. The van der Waals surface area contributed by atoms with Gasteiger partial charge in [0.2, 0.25) is 5.95 Å². The number of halogens is 1. The van der Waals surface area contributed by atoms with Crippen molar-refractivity contribution in [1.29, 1.82) is 0 Å². The van der Waals surface area contributed by atoms with E-state index in [1.807, 2.05) is 42.3 Å². The maximum atomic E-state index is 14.0. The van der Waals surface area contributed by atoms with E-state index in [-0.39, 0.29) is 11.5 Å². The second-order valence-corrected chi connectivity index (χ2v) is 4.55. The Morgan fingerprint density at radius 3 is 2.52 bits per heavy atom. The van der Waals surface area contributed by atoms with Crippen LogP contribution >= 0.6 is 0 Å². The molecule has 0 fully saturated rings. The van der Waals surface area contributed by atoms with Crippen LogP contribution in [0.3, 0.4) is 0 Å². The van der Waals surface area contributed by atoms with Gasteiger partial charge in [-0.05, 0) is 24.3 Å². The second-order valence-electron chi connectivity index (χ2n) is 4.55. The first-order valence-electron chi connectivity index (χ1n) is 6.42. The van der Waals surface area contributed by atoms with E-state index in [0.717, 1.165) is 5.69 Å². The van der Waals surface area contributed by atoms with Crippen LogP contribution in [0.4, 0.5) is 21.8 Å². The quantitative estimate of drug-likeness (QED) is 0.571. The normalized spacial score (nSPS) is 10.6. The van der Waals surface area contributed by atoms with Crippen LogP contribution in [-0.4, -0.2) is 17.0 Å².